The number of fused-ring (bicyclic) bond motifs is 1. The van der Waals surface area contributed by atoms with E-state index in [-0.39, 0.29) is 0 Å². The fourth-order valence-electron chi connectivity index (χ4n) is 3.63. The molecular weight excluding hydrogens is 230 g/mol. The topological polar surface area (TPSA) is 12.0 Å². The maximum absolute atomic E-state index is 3.55. The predicted molar refractivity (Wildman–Crippen MR) is 82.3 cm³/mol. The molecule has 0 heterocycles. The van der Waals surface area contributed by atoms with E-state index in [4.69, 9.17) is 0 Å². The highest BCUT2D eigenvalue weighted by Crippen LogP contribution is 2.39. The first-order valence-corrected chi connectivity index (χ1v) is 7.44. The van der Waals surface area contributed by atoms with E-state index in [1.165, 1.54) is 35.6 Å². The van der Waals surface area contributed by atoms with Crippen LogP contribution in [-0.4, -0.2) is 7.05 Å². The molecule has 1 saturated carbocycles. The lowest BCUT2D eigenvalue weighted by molar-refractivity contribution is 0.380. The van der Waals surface area contributed by atoms with Crippen molar-refractivity contribution in [1.29, 1.82) is 0 Å². The Balaban J connectivity index is 1.92. The summed E-state index contributed by atoms with van der Waals surface area (Å²) in [4.78, 5) is 0. The minimum Gasteiger partial charge on any atom is -0.313 e. The second kappa shape index (κ2) is 5.34. The normalized spacial score (nSPS) is 24.7. The van der Waals surface area contributed by atoms with Crippen LogP contribution in [0, 0.1) is 11.8 Å². The second-order valence-electron chi connectivity index (χ2n) is 6.05. The quantitative estimate of drug-likeness (QED) is 0.847. The van der Waals surface area contributed by atoms with Gasteiger partial charge in [-0.3, -0.25) is 0 Å². The molecule has 0 aliphatic heterocycles. The maximum Gasteiger partial charge on any atom is 0.0346 e. The van der Waals surface area contributed by atoms with Crippen LogP contribution >= 0.6 is 0 Å². The van der Waals surface area contributed by atoms with Crippen LogP contribution in [0.3, 0.4) is 0 Å². The Bertz CT molecular complexity index is 560. The van der Waals surface area contributed by atoms with Crippen molar-refractivity contribution in [2.45, 2.75) is 32.2 Å². The lowest BCUT2D eigenvalue weighted by atomic mass is 9.90. The van der Waals surface area contributed by atoms with Gasteiger partial charge in [-0.15, -0.1) is 0 Å². The second-order valence-corrected chi connectivity index (χ2v) is 6.05. The zero-order chi connectivity index (χ0) is 13.2. The fourth-order valence-corrected chi connectivity index (χ4v) is 3.63. The van der Waals surface area contributed by atoms with Gasteiger partial charge in [0.1, 0.15) is 0 Å². The SMILES string of the molecule is CNC(c1ccc2ccccc2c1)C1CCC(C)C1. The van der Waals surface area contributed by atoms with Gasteiger partial charge in [0.2, 0.25) is 0 Å². The highest BCUT2D eigenvalue weighted by molar-refractivity contribution is 5.83. The van der Waals surface area contributed by atoms with Crippen LogP contribution < -0.4 is 5.32 Å². The van der Waals surface area contributed by atoms with Crippen molar-refractivity contribution in [2.75, 3.05) is 7.05 Å². The zero-order valence-corrected chi connectivity index (χ0v) is 11.9. The smallest absolute Gasteiger partial charge is 0.0346 e. The molecule has 1 aliphatic carbocycles. The molecule has 100 valence electrons. The molecule has 0 saturated heterocycles. The van der Waals surface area contributed by atoms with Gasteiger partial charge in [0.25, 0.3) is 0 Å². The van der Waals surface area contributed by atoms with Crippen LogP contribution in [0.15, 0.2) is 42.5 Å². The summed E-state index contributed by atoms with van der Waals surface area (Å²) in [5, 5.41) is 6.23. The van der Waals surface area contributed by atoms with Crippen LogP contribution in [-0.2, 0) is 0 Å². The summed E-state index contributed by atoms with van der Waals surface area (Å²) >= 11 is 0. The third-order valence-electron chi connectivity index (χ3n) is 4.65. The van der Waals surface area contributed by atoms with Gasteiger partial charge >= 0.3 is 0 Å². The highest BCUT2D eigenvalue weighted by atomic mass is 14.9. The van der Waals surface area contributed by atoms with Crippen molar-refractivity contribution in [3.63, 3.8) is 0 Å². The summed E-state index contributed by atoms with van der Waals surface area (Å²) in [6.45, 7) is 2.38. The van der Waals surface area contributed by atoms with Gasteiger partial charge in [-0.05, 0) is 54.1 Å². The van der Waals surface area contributed by atoms with Crippen molar-refractivity contribution in [3.05, 3.63) is 48.0 Å². The average molecular weight is 253 g/mol. The molecule has 1 fully saturated rings. The summed E-state index contributed by atoms with van der Waals surface area (Å²) in [6, 6.07) is 16.1. The standard InChI is InChI=1S/C18H23N/c1-13-7-8-16(11-13)18(19-2)17-10-9-14-5-3-4-6-15(14)12-17/h3-6,9-10,12-13,16,18-19H,7-8,11H2,1-2H3. The first kappa shape index (κ1) is 12.7. The molecule has 3 unspecified atom stereocenters. The molecule has 19 heavy (non-hydrogen) atoms. The van der Waals surface area contributed by atoms with Crippen molar-refractivity contribution < 1.29 is 0 Å². The average Bonchev–Trinajstić information content (AvgIpc) is 2.86. The molecule has 3 rings (SSSR count). The monoisotopic (exact) mass is 253 g/mol. The summed E-state index contributed by atoms with van der Waals surface area (Å²) in [5.74, 6) is 1.68. The van der Waals surface area contributed by atoms with Crippen LogP contribution in [0.25, 0.3) is 10.8 Å². The van der Waals surface area contributed by atoms with Crippen molar-refractivity contribution in [3.8, 4) is 0 Å². The molecule has 0 spiro atoms. The van der Waals surface area contributed by atoms with E-state index in [2.05, 4.69) is 61.8 Å². The van der Waals surface area contributed by atoms with Gasteiger partial charge in [-0.1, -0.05) is 49.7 Å². The van der Waals surface area contributed by atoms with Gasteiger partial charge in [0, 0.05) is 6.04 Å². The van der Waals surface area contributed by atoms with Crippen LogP contribution in [0.5, 0.6) is 0 Å². The van der Waals surface area contributed by atoms with E-state index in [0.29, 0.717) is 6.04 Å². The molecule has 2 aromatic rings. The van der Waals surface area contributed by atoms with Gasteiger partial charge in [0.15, 0.2) is 0 Å². The van der Waals surface area contributed by atoms with Crippen LogP contribution in [0.1, 0.15) is 37.8 Å². The zero-order valence-electron chi connectivity index (χ0n) is 11.9. The largest absolute Gasteiger partial charge is 0.313 e. The molecule has 0 bridgehead atoms. The number of benzene rings is 2. The van der Waals surface area contributed by atoms with Gasteiger partial charge in [-0.2, -0.15) is 0 Å². The molecule has 1 heteroatoms. The van der Waals surface area contributed by atoms with Gasteiger partial charge < -0.3 is 5.32 Å². The van der Waals surface area contributed by atoms with E-state index in [1.807, 2.05) is 0 Å². The number of rotatable bonds is 3. The Kier molecular flexibility index (Phi) is 3.56. The Morgan fingerprint density at radius 3 is 2.53 bits per heavy atom. The van der Waals surface area contributed by atoms with E-state index in [0.717, 1.165) is 11.8 Å². The summed E-state index contributed by atoms with van der Waals surface area (Å²) < 4.78 is 0. The molecular formula is C18H23N. The van der Waals surface area contributed by atoms with Gasteiger partial charge in [0.05, 0.1) is 0 Å². The third kappa shape index (κ3) is 2.52. The highest BCUT2D eigenvalue weighted by Gasteiger charge is 2.28. The molecule has 2 aromatic carbocycles. The van der Waals surface area contributed by atoms with Crippen molar-refractivity contribution in [2.24, 2.45) is 11.8 Å². The fraction of sp³-hybridized carbons (Fsp3) is 0.444. The number of nitrogens with one attached hydrogen (secondary N) is 1. The minimum atomic E-state index is 0.509. The summed E-state index contributed by atoms with van der Waals surface area (Å²) in [6.07, 6.45) is 4.11. The first-order valence-electron chi connectivity index (χ1n) is 7.44. The molecule has 0 aromatic heterocycles. The molecule has 3 atom stereocenters. The van der Waals surface area contributed by atoms with E-state index < -0.39 is 0 Å². The Morgan fingerprint density at radius 2 is 1.84 bits per heavy atom. The first-order chi connectivity index (χ1) is 9.28. The van der Waals surface area contributed by atoms with E-state index in [1.54, 1.807) is 0 Å². The molecule has 1 N–H and O–H groups in total. The lowest BCUT2D eigenvalue weighted by Crippen LogP contribution is -2.23. The van der Waals surface area contributed by atoms with Crippen LogP contribution in [0.2, 0.25) is 0 Å². The van der Waals surface area contributed by atoms with Crippen molar-refractivity contribution >= 4 is 10.8 Å². The molecule has 1 nitrogen and oxygen atoms in total. The minimum absolute atomic E-state index is 0.509. The molecule has 0 radical (unpaired) electrons. The van der Waals surface area contributed by atoms with Crippen molar-refractivity contribution in [1.82, 2.24) is 5.32 Å². The molecule has 1 aliphatic rings. The summed E-state index contributed by atoms with van der Waals surface area (Å²) in [5.41, 5.74) is 1.44. The molecule has 0 amide bonds. The summed E-state index contributed by atoms with van der Waals surface area (Å²) in [7, 11) is 2.10. The maximum atomic E-state index is 3.55. The van der Waals surface area contributed by atoms with E-state index >= 15 is 0 Å². The van der Waals surface area contributed by atoms with Crippen LogP contribution in [0.4, 0.5) is 0 Å². The van der Waals surface area contributed by atoms with Gasteiger partial charge in [-0.25, -0.2) is 0 Å². The Hall–Kier alpha value is -1.34. The number of hydrogen-bond donors (Lipinski definition) is 1. The lowest BCUT2D eigenvalue weighted by Gasteiger charge is -2.24. The predicted octanol–water partition coefficient (Wildman–Crippen LogP) is 4.54. The Morgan fingerprint density at radius 1 is 1.05 bits per heavy atom. The van der Waals surface area contributed by atoms with E-state index in [9.17, 15) is 0 Å². The number of hydrogen-bond acceptors (Lipinski definition) is 1. The Labute approximate surface area is 116 Å². The third-order valence-corrected chi connectivity index (χ3v) is 4.65.